The van der Waals surface area contributed by atoms with E-state index in [1.54, 1.807) is 37.5 Å². The summed E-state index contributed by atoms with van der Waals surface area (Å²) in [7, 11) is 1.55. The van der Waals surface area contributed by atoms with Crippen LogP contribution in [0.3, 0.4) is 0 Å². The van der Waals surface area contributed by atoms with Crippen molar-refractivity contribution in [2.45, 2.75) is 32.1 Å². The number of carbonyl (C=O) groups is 1. The second-order valence-electron chi connectivity index (χ2n) is 9.28. The van der Waals surface area contributed by atoms with Crippen LogP contribution in [-0.2, 0) is 11.2 Å². The molecule has 1 aromatic heterocycles. The van der Waals surface area contributed by atoms with E-state index in [1.807, 2.05) is 0 Å². The normalized spacial score (nSPS) is 15.6. The first-order valence-electron chi connectivity index (χ1n) is 12.0. The number of hydrogen-bond acceptors (Lipinski definition) is 4. The number of hydrogen-bond donors (Lipinski definition) is 1. The Hall–Kier alpha value is -3.10. The first kappa shape index (κ1) is 28.5. The first-order chi connectivity index (χ1) is 17.3. The van der Waals surface area contributed by atoms with Gasteiger partial charge in [0.25, 0.3) is 0 Å². The van der Waals surface area contributed by atoms with Crippen LogP contribution < -0.4 is 4.74 Å². The minimum absolute atomic E-state index is 0. The molecule has 0 saturated carbocycles. The molecule has 2 aromatic carbocycles. The van der Waals surface area contributed by atoms with Crippen LogP contribution in [0.2, 0.25) is 0 Å². The molecule has 0 bridgehead atoms. The van der Waals surface area contributed by atoms with Crippen LogP contribution in [-0.4, -0.2) is 47.7 Å². The number of aryl methyl sites for hydroxylation is 1. The van der Waals surface area contributed by atoms with Crippen molar-refractivity contribution >= 4 is 35.4 Å². The van der Waals surface area contributed by atoms with Gasteiger partial charge in [0.05, 0.1) is 24.2 Å². The number of carboxylic acids is 1. The van der Waals surface area contributed by atoms with Crippen LogP contribution in [0.5, 0.6) is 5.75 Å². The number of aromatic nitrogens is 1. The van der Waals surface area contributed by atoms with Crippen molar-refractivity contribution in [3.05, 3.63) is 77.2 Å². The molecule has 0 spiro atoms. The van der Waals surface area contributed by atoms with Crippen molar-refractivity contribution < 1.29 is 27.8 Å². The molecule has 9 heteroatoms. The van der Waals surface area contributed by atoms with Crippen LogP contribution >= 0.6 is 12.4 Å². The fraction of sp³-hybridized carbons (Fsp3) is 0.357. The van der Waals surface area contributed by atoms with Gasteiger partial charge in [0.15, 0.2) is 0 Å². The Morgan fingerprint density at radius 3 is 2.59 bits per heavy atom. The van der Waals surface area contributed by atoms with E-state index in [1.165, 1.54) is 6.20 Å². The van der Waals surface area contributed by atoms with E-state index in [0.29, 0.717) is 74.0 Å². The summed E-state index contributed by atoms with van der Waals surface area (Å²) < 4.78 is 47.0. The monoisotopic (exact) mass is 534 g/mol. The maximum absolute atomic E-state index is 14.6. The molecule has 0 unspecified atom stereocenters. The third-order valence-electron chi connectivity index (χ3n) is 7.10. The summed E-state index contributed by atoms with van der Waals surface area (Å²) in [6.07, 6.45) is 6.82. The Morgan fingerprint density at radius 1 is 1.14 bits per heavy atom. The van der Waals surface area contributed by atoms with Crippen LogP contribution in [0.25, 0.3) is 17.0 Å². The summed E-state index contributed by atoms with van der Waals surface area (Å²) in [5.41, 5.74) is 0.498. The van der Waals surface area contributed by atoms with Gasteiger partial charge in [-0.2, -0.15) is 0 Å². The summed E-state index contributed by atoms with van der Waals surface area (Å²) in [5, 5.41) is 10.7. The topological polar surface area (TPSA) is 62.7 Å². The van der Waals surface area contributed by atoms with Crippen LogP contribution in [0.4, 0.5) is 13.2 Å². The number of pyridine rings is 1. The molecule has 0 amide bonds. The molecule has 1 aliphatic rings. The Kier molecular flexibility index (Phi) is 9.56. The lowest BCUT2D eigenvalue weighted by molar-refractivity contribution is -0.152. The number of likely N-dealkylation sites (tertiary alicyclic amines) is 1. The first-order valence-corrected chi connectivity index (χ1v) is 12.0. The lowest BCUT2D eigenvalue weighted by Crippen LogP contribution is -2.44. The maximum Gasteiger partial charge on any atom is 0.309 e. The summed E-state index contributed by atoms with van der Waals surface area (Å²) in [4.78, 5) is 18.5. The number of aliphatic carboxylic acids is 1. The summed E-state index contributed by atoms with van der Waals surface area (Å²) >= 11 is 0. The summed E-state index contributed by atoms with van der Waals surface area (Å²) in [6, 6.07) is 8.62. The van der Waals surface area contributed by atoms with Crippen LogP contribution in [0, 0.1) is 22.9 Å². The van der Waals surface area contributed by atoms with Gasteiger partial charge in [-0.05, 0) is 87.2 Å². The average Bonchev–Trinajstić information content (AvgIpc) is 2.88. The molecule has 4 rings (SSSR count). The number of ether oxygens (including phenoxy) is 1. The van der Waals surface area contributed by atoms with Gasteiger partial charge in [-0.3, -0.25) is 14.7 Å². The van der Waals surface area contributed by atoms with E-state index in [4.69, 9.17) is 4.74 Å². The fourth-order valence-electron chi connectivity index (χ4n) is 4.89. The van der Waals surface area contributed by atoms with E-state index >= 15 is 0 Å². The smallest absolute Gasteiger partial charge is 0.309 e. The van der Waals surface area contributed by atoms with Crippen molar-refractivity contribution in [3.8, 4) is 5.75 Å². The van der Waals surface area contributed by atoms with E-state index in [-0.39, 0.29) is 18.0 Å². The molecule has 1 N–H and O–H groups in total. The van der Waals surface area contributed by atoms with Gasteiger partial charge < -0.3 is 9.84 Å². The highest BCUT2D eigenvalue weighted by atomic mass is 35.5. The Labute approximate surface area is 220 Å². The minimum atomic E-state index is -0.869. The van der Waals surface area contributed by atoms with E-state index in [0.717, 1.165) is 18.2 Å². The number of benzene rings is 2. The summed E-state index contributed by atoms with van der Waals surface area (Å²) in [5.74, 6) is -1.62. The van der Waals surface area contributed by atoms with E-state index in [9.17, 15) is 23.1 Å². The lowest BCUT2D eigenvalue weighted by atomic mass is 9.74. The zero-order valence-corrected chi connectivity index (χ0v) is 21.4. The SMILES string of the molecule is COc1ccc2ncc(F)c(CCCC3(C(=O)O)CCN(CC=Cc4cc(F)ccc4F)CC3)c2c1.Cl. The number of carboxylic acid groups (broad SMARTS) is 1. The molecule has 0 aliphatic carbocycles. The number of nitrogens with zero attached hydrogens (tertiary/aromatic N) is 2. The van der Waals surface area contributed by atoms with Gasteiger partial charge in [-0.1, -0.05) is 12.2 Å². The number of piperidine rings is 1. The quantitative estimate of drug-likeness (QED) is 0.350. The summed E-state index contributed by atoms with van der Waals surface area (Å²) in [6.45, 7) is 1.67. The zero-order chi connectivity index (χ0) is 25.7. The second-order valence-corrected chi connectivity index (χ2v) is 9.28. The van der Waals surface area contributed by atoms with E-state index in [2.05, 4.69) is 9.88 Å². The number of fused-ring (bicyclic) bond motifs is 1. The molecule has 1 saturated heterocycles. The molecule has 1 aliphatic heterocycles. The standard InChI is InChI=1S/C28H29F3N2O3.ClH/c1-36-21-7-9-26-23(17-21)22(25(31)18-32-26)5-2-10-28(27(34)35)11-14-33(15-12-28)13-3-4-19-16-20(29)6-8-24(19)30;/h3-4,6-9,16-18H,2,5,10-15H2,1H3,(H,34,35);1H. The van der Waals surface area contributed by atoms with Gasteiger partial charge in [0, 0.05) is 17.5 Å². The molecule has 0 atom stereocenters. The molecule has 37 heavy (non-hydrogen) atoms. The van der Waals surface area contributed by atoms with Crippen molar-refractivity contribution in [1.82, 2.24) is 9.88 Å². The predicted octanol–water partition coefficient (Wildman–Crippen LogP) is 6.29. The number of halogens is 4. The molecular formula is C28H30ClF3N2O3. The van der Waals surface area contributed by atoms with Gasteiger partial charge >= 0.3 is 5.97 Å². The molecule has 1 fully saturated rings. The molecule has 2 heterocycles. The van der Waals surface area contributed by atoms with Crippen molar-refractivity contribution in [3.63, 3.8) is 0 Å². The molecule has 0 radical (unpaired) electrons. The number of rotatable bonds is 9. The number of methoxy groups -OCH3 is 1. The maximum atomic E-state index is 14.6. The highest BCUT2D eigenvalue weighted by Gasteiger charge is 2.40. The average molecular weight is 535 g/mol. The predicted molar refractivity (Wildman–Crippen MR) is 140 cm³/mol. The third-order valence-corrected chi connectivity index (χ3v) is 7.10. The highest BCUT2D eigenvalue weighted by molar-refractivity contribution is 5.85. The largest absolute Gasteiger partial charge is 0.497 e. The zero-order valence-electron chi connectivity index (χ0n) is 20.6. The van der Waals surface area contributed by atoms with Gasteiger partial charge in [-0.15, -0.1) is 12.4 Å². The van der Waals surface area contributed by atoms with Crippen LogP contribution in [0.15, 0.2) is 48.7 Å². The molecule has 198 valence electrons. The Balaban J connectivity index is 0.00000380. The Bertz CT molecular complexity index is 1280. The van der Waals surface area contributed by atoms with Gasteiger partial charge in [-0.25, -0.2) is 13.2 Å². The van der Waals surface area contributed by atoms with Gasteiger partial charge in [0.2, 0.25) is 0 Å². The Morgan fingerprint density at radius 2 is 1.89 bits per heavy atom. The van der Waals surface area contributed by atoms with Crippen LogP contribution in [0.1, 0.15) is 36.8 Å². The van der Waals surface area contributed by atoms with E-state index < -0.39 is 28.8 Å². The van der Waals surface area contributed by atoms with Gasteiger partial charge in [0.1, 0.15) is 23.2 Å². The third kappa shape index (κ3) is 6.62. The molecule has 5 nitrogen and oxygen atoms in total. The van der Waals surface area contributed by atoms with Crippen molar-refractivity contribution in [2.24, 2.45) is 5.41 Å². The van der Waals surface area contributed by atoms with Crippen molar-refractivity contribution in [2.75, 3.05) is 26.7 Å². The lowest BCUT2D eigenvalue weighted by Gasteiger charge is -2.38. The second kappa shape index (κ2) is 12.4. The highest BCUT2D eigenvalue weighted by Crippen LogP contribution is 2.37. The molecular weight excluding hydrogens is 505 g/mol. The minimum Gasteiger partial charge on any atom is -0.497 e. The molecule has 3 aromatic rings. The van der Waals surface area contributed by atoms with Crippen molar-refractivity contribution in [1.29, 1.82) is 0 Å². The fourth-order valence-corrected chi connectivity index (χ4v) is 4.89.